The van der Waals surface area contributed by atoms with E-state index >= 15 is 0 Å². The van der Waals surface area contributed by atoms with Crippen molar-refractivity contribution in [2.24, 2.45) is 0 Å². The minimum absolute atomic E-state index is 0.0808. The van der Waals surface area contributed by atoms with Gasteiger partial charge in [0.1, 0.15) is 0 Å². The lowest BCUT2D eigenvalue weighted by Crippen LogP contribution is -2.28. The first-order chi connectivity index (χ1) is 7.63. The second kappa shape index (κ2) is 7.04. The molecule has 0 unspecified atom stereocenters. The van der Waals surface area contributed by atoms with E-state index in [9.17, 15) is 4.79 Å². The highest BCUT2D eigenvalue weighted by molar-refractivity contribution is 9.11. The van der Waals surface area contributed by atoms with Crippen molar-refractivity contribution < 1.29 is 9.90 Å². The predicted molar refractivity (Wildman–Crippen MR) is 69.7 cm³/mol. The SMILES string of the molecule is CN(CCc1ccc(Br)s1)C(=O)CCCO. The Morgan fingerprint density at radius 1 is 1.56 bits per heavy atom. The van der Waals surface area contributed by atoms with Crippen LogP contribution in [0.15, 0.2) is 15.9 Å². The number of carbonyl (C=O) groups excluding carboxylic acids is 1. The van der Waals surface area contributed by atoms with Gasteiger partial charge in [-0.25, -0.2) is 0 Å². The summed E-state index contributed by atoms with van der Waals surface area (Å²) in [6, 6.07) is 4.09. The van der Waals surface area contributed by atoms with E-state index in [4.69, 9.17) is 5.11 Å². The first-order valence-electron chi connectivity index (χ1n) is 5.22. The van der Waals surface area contributed by atoms with Crippen molar-refractivity contribution >= 4 is 33.2 Å². The molecule has 1 N–H and O–H groups in total. The van der Waals surface area contributed by atoms with Gasteiger partial charge < -0.3 is 10.0 Å². The van der Waals surface area contributed by atoms with Crippen molar-refractivity contribution in [1.29, 1.82) is 0 Å². The monoisotopic (exact) mass is 305 g/mol. The maximum Gasteiger partial charge on any atom is 0.222 e. The molecule has 0 aliphatic heterocycles. The minimum Gasteiger partial charge on any atom is -0.396 e. The highest BCUT2D eigenvalue weighted by Gasteiger charge is 2.08. The van der Waals surface area contributed by atoms with Gasteiger partial charge in [0.25, 0.3) is 0 Å². The summed E-state index contributed by atoms with van der Waals surface area (Å²) in [4.78, 5) is 14.5. The second-order valence-electron chi connectivity index (χ2n) is 3.60. The van der Waals surface area contributed by atoms with Gasteiger partial charge in [-0.15, -0.1) is 11.3 Å². The molecule has 16 heavy (non-hydrogen) atoms. The third-order valence-electron chi connectivity index (χ3n) is 2.30. The van der Waals surface area contributed by atoms with Crippen LogP contribution in [0.4, 0.5) is 0 Å². The van der Waals surface area contributed by atoms with Crippen LogP contribution in [-0.2, 0) is 11.2 Å². The number of aliphatic hydroxyl groups excluding tert-OH is 1. The molecule has 0 saturated carbocycles. The average molecular weight is 306 g/mol. The number of rotatable bonds is 6. The largest absolute Gasteiger partial charge is 0.396 e. The number of likely N-dealkylation sites (N-methyl/N-ethyl adjacent to an activating group) is 1. The van der Waals surface area contributed by atoms with Gasteiger partial charge in [0, 0.05) is 31.5 Å². The number of hydrogen-bond donors (Lipinski definition) is 1. The van der Waals surface area contributed by atoms with Crippen LogP contribution in [-0.4, -0.2) is 36.1 Å². The number of aliphatic hydroxyl groups is 1. The van der Waals surface area contributed by atoms with Gasteiger partial charge in [-0.2, -0.15) is 0 Å². The average Bonchev–Trinajstić information content (AvgIpc) is 2.68. The summed E-state index contributed by atoms with van der Waals surface area (Å²) in [6.07, 6.45) is 1.87. The van der Waals surface area contributed by atoms with E-state index < -0.39 is 0 Å². The van der Waals surface area contributed by atoms with Crippen LogP contribution in [0.25, 0.3) is 0 Å². The van der Waals surface area contributed by atoms with Gasteiger partial charge in [0.2, 0.25) is 5.91 Å². The molecular weight excluding hydrogens is 290 g/mol. The third kappa shape index (κ3) is 4.63. The maximum absolute atomic E-state index is 11.5. The summed E-state index contributed by atoms with van der Waals surface area (Å²) in [5.41, 5.74) is 0. The molecule has 0 saturated heterocycles. The molecule has 0 atom stereocenters. The van der Waals surface area contributed by atoms with Gasteiger partial charge in [0.15, 0.2) is 0 Å². The zero-order valence-corrected chi connectivity index (χ0v) is 11.7. The number of carbonyl (C=O) groups is 1. The molecule has 0 aliphatic rings. The molecular formula is C11H16BrNO2S. The van der Waals surface area contributed by atoms with Gasteiger partial charge >= 0.3 is 0 Å². The lowest BCUT2D eigenvalue weighted by Gasteiger charge is -2.16. The van der Waals surface area contributed by atoms with Crippen LogP contribution < -0.4 is 0 Å². The molecule has 5 heteroatoms. The standard InChI is InChI=1S/C11H16BrNO2S/c1-13(11(15)3-2-8-14)7-6-9-4-5-10(12)16-9/h4-5,14H,2-3,6-8H2,1H3. The van der Waals surface area contributed by atoms with Crippen molar-refractivity contribution in [3.8, 4) is 0 Å². The minimum atomic E-state index is 0.0808. The fraction of sp³-hybridized carbons (Fsp3) is 0.545. The summed E-state index contributed by atoms with van der Waals surface area (Å²) in [5.74, 6) is 0.102. The van der Waals surface area contributed by atoms with Gasteiger partial charge in [-0.05, 0) is 40.9 Å². The highest BCUT2D eigenvalue weighted by Crippen LogP contribution is 2.22. The van der Waals surface area contributed by atoms with Crippen molar-refractivity contribution in [2.75, 3.05) is 20.2 Å². The van der Waals surface area contributed by atoms with Crippen LogP contribution in [0.2, 0.25) is 0 Å². The van der Waals surface area contributed by atoms with Crippen molar-refractivity contribution in [3.05, 3.63) is 20.8 Å². The molecule has 0 fully saturated rings. The topological polar surface area (TPSA) is 40.5 Å². The van der Waals surface area contributed by atoms with Crippen LogP contribution >= 0.6 is 27.3 Å². The molecule has 0 bridgehead atoms. The van der Waals surface area contributed by atoms with E-state index in [1.54, 1.807) is 16.2 Å². The number of amides is 1. The summed E-state index contributed by atoms with van der Waals surface area (Å²) in [6.45, 7) is 0.814. The quantitative estimate of drug-likeness (QED) is 0.876. The van der Waals surface area contributed by atoms with Crippen molar-refractivity contribution in [3.63, 3.8) is 0 Å². The van der Waals surface area contributed by atoms with Crippen LogP contribution in [0, 0.1) is 0 Å². The highest BCUT2D eigenvalue weighted by atomic mass is 79.9. The summed E-state index contributed by atoms with van der Waals surface area (Å²) < 4.78 is 1.12. The van der Waals surface area contributed by atoms with Gasteiger partial charge in [-0.1, -0.05) is 0 Å². The molecule has 1 aromatic heterocycles. The Kier molecular flexibility index (Phi) is 6.01. The van der Waals surface area contributed by atoms with Crippen molar-refractivity contribution in [2.45, 2.75) is 19.3 Å². The molecule has 1 heterocycles. The zero-order valence-electron chi connectivity index (χ0n) is 9.28. The van der Waals surface area contributed by atoms with Crippen LogP contribution in [0.1, 0.15) is 17.7 Å². The summed E-state index contributed by atoms with van der Waals surface area (Å²) >= 11 is 5.11. The first kappa shape index (κ1) is 13.7. The zero-order chi connectivity index (χ0) is 12.0. The van der Waals surface area contributed by atoms with E-state index in [0.29, 0.717) is 12.8 Å². The molecule has 3 nitrogen and oxygen atoms in total. The fourth-order valence-electron chi connectivity index (χ4n) is 1.31. The van der Waals surface area contributed by atoms with E-state index in [1.165, 1.54) is 4.88 Å². The van der Waals surface area contributed by atoms with E-state index in [1.807, 2.05) is 13.1 Å². The third-order valence-corrected chi connectivity index (χ3v) is 3.98. The molecule has 0 aromatic carbocycles. The van der Waals surface area contributed by atoms with E-state index in [-0.39, 0.29) is 12.5 Å². The molecule has 90 valence electrons. The Balaban J connectivity index is 2.29. The Bertz CT molecular complexity index is 340. The molecule has 0 spiro atoms. The lowest BCUT2D eigenvalue weighted by molar-refractivity contribution is -0.130. The Labute approximate surface area is 108 Å². The fourth-order valence-corrected chi connectivity index (χ4v) is 2.78. The van der Waals surface area contributed by atoms with Crippen LogP contribution in [0.5, 0.6) is 0 Å². The molecule has 0 aliphatic carbocycles. The maximum atomic E-state index is 11.5. The molecule has 1 amide bonds. The van der Waals surface area contributed by atoms with Crippen LogP contribution in [0.3, 0.4) is 0 Å². The first-order valence-corrected chi connectivity index (χ1v) is 6.83. The summed E-state index contributed by atoms with van der Waals surface area (Å²) in [5, 5.41) is 8.63. The Morgan fingerprint density at radius 2 is 2.31 bits per heavy atom. The van der Waals surface area contributed by atoms with Gasteiger partial charge in [0.05, 0.1) is 3.79 Å². The molecule has 1 rings (SSSR count). The second-order valence-corrected chi connectivity index (χ2v) is 6.15. The number of nitrogens with zero attached hydrogens (tertiary/aromatic N) is 1. The van der Waals surface area contributed by atoms with E-state index in [0.717, 1.165) is 16.8 Å². The number of halogens is 1. The Morgan fingerprint density at radius 3 is 2.88 bits per heavy atom. The smallest absolute Gasteiger partial charge is 0.222 e. The van der Waals surface area contributed by atoms with Crippen molar-refractivity contribution in [1.82, 2.24) is 4.90 Å². The number of hydrogen-bond acceptors (Lipinski definition) is 3. The van der Waals surface area contributed by atoms with Gasteiger partial charge in [-0.3, -0.25) is 4.79 Å². The Hall–Kier alpha value is -0.390. The summed E-state index contributed by atoms with van der Waals surface area (Å²) in [7, 11) is 1.81. The molecule has 1 aromatic rings. The lowest BCUT2D eigenvalue weighted by atomic mass is 10.2. The molecule has 0 radical (unpaired) electrons. The normalized spacial score (nSPS) is 10.4. The van der Waals surface area contributed by atoms with E-state index in [2.05, 4.69) is 22.0 Å². The predicted octanol–water partition coefficient (Wildman–Crippen LogP) is 2.28. The number of thiophene rings is 1.